The van der Waals surface area contributed by atoms with E-state index in [1.54, 1.807) is 0 Å². The molecule has 12 heavy (non-hydrogen) atoms. The van der Waals surface area contributed by atoms with Crippen molar-refractivity contribution >= 4 is 11.6 Å². The van der Waals surface area contributed by atoms with E-state index in [1.165, 1.54) is 5.56 Å². The van der Waals surface area contributed by atoms with Gasteiger partial charge in [-0.1, -0.05) is 37.6 Å². The van der Waals surface area contributed by atoms with Gasteiger partial charge >= 0.3 is 0 Å². The van der Waals surface area contributed by atoms with Crippen LogP contribution in [0, 0.1) is 0 Å². The Morgan fingerprint density at radius 2 is 2.17 bits per heavy atom. The Morgan fingerprint density at radius 3 is 2.75 bits per heavy atom. The molecular formula is C10H13ClO. The molecule has 0 radical (unpaired) electrons. The summed E-state index contributed by atoms with van der Waals surface area (Å²) in [5.74, 6) is 1.38. The van der Waals surface area contributed by atoms with Gasteiger partial charge in [0, 0.05) is 0 Å². The topological polar surface area (TPSA) is 9.23 Å². The fourth-order valence-corrected chi connectivity index (χ4v) is 1.15. The fourth-order valence-electron chi connectivity index (χ4n) is 1.03. The van der Waals surface area contributed by atoms with Crippen molar-refractivity contribution in [3.8, 4) is 5.75 Å². The Morgan fingerprint density at radius 1 is 1.42 bits per heavy atom. The van der Waals surface area contributed by atoms with E-state index in [2.05, 4.69) is 19.9 Å². The highest BCUT2D eigenvalue weighted by molar-refractivity contribution is 6.17. The molecule has 0 aliphatic heterocycles. The van der Waals surface area contributed by atoms with Gasteiger partial charge in [-0.15, -0.1) is 0 Å². The first-order chi connectivity index (χ1) is 5.74. The largest absolute Gasteiger partial charge is 0.478 e. The van der Waals surface area contributed by atoms with E-state index in [0.717, 1.165) is 5.75 Å². The van der Waals surface area contributed by atoms with Crippen molar-refractivity contribution in [3.63, 3.8) is 0 Å². The Hall–Kier alpha value is -0.690. The zero-order valence-corrected chi connectivity index (χ0v) is 8.14. The van der Waals surface area contributed by atoms with E-state index in [-0.39, 0.29) is 6.07 Å². The lowest BCUT2D eigenvalue weighted by Crippen LogP contribution is -1.91. The minimum Gasteiger partial charge on any atom is -0.478 e. The summed E-state index contributed by atoms with van der Waals surface area (Å²) in [6.07, 6.45) is 0. The maximum atomic E-state index is 5.45. The van der Waals surface area contributed by atoms with Gasteiger partial charge < -0.3 is 4.74 Å². The normalized spacial score (nSPS) is 10.3. The molecular weight excluding hydrogens is 172 g/mol. The van der Waals surface area contributed by atoms with Crippen molar-refractivity contribution in [2.45, 2.75) is 19.8 Å². The molecule has 1 rings (SSSR count). The molecule has 0 spiro atoms. The van der Waals surface area contributed by atoms with Crippen LogP contribution in [-0.2, 0) is 0 Å². The summed E-state index contributed by atoms with van der Waals surface area (Å²) < 4.78 is 5.16. The maximum absolute atomic E-state index is 5.45. The molecule has 0 aliphatic rings. The molecule has 1 aromatic carbocycles. The fraction of sp³-hybridized carbons (Fsp3) is 0.400. The third-order valence-corrected chi connectivity index (χ3v) is 1.86. The number of benzene rings is 1. The van der Waals surface area contributed by atoms with Crippen LogP contribution in [0.1, 0.15) is 25.3 Å². The van der Waals surface area contributed by atoms with E-state index in [9.17, 15) is 0 Å². The van der Waals surface area contributed by atoms with Gasteiger partial charge in [-0.25, -0.2) is 0 Å². The molecule has 0 amide bonds. The van der Waals surface area contributed by atoms with Crippen molar-refractivity contribution in [1.29, 1.82) is 0 Å². The van der Waals surface area contributed by atoms with Gasteiger partial charge in [-0.3, -0.25) is 0 Å². The van der Waals surface area contributed by atoms with E-state index in [4.69, 9.17) is 16.3 Å². The van der Waals surface area contributed by atoms with Crippen LogP contribution in [0.25, 0.3) is 0 Å². The Balaban J connectivity index is 2.81. The lowest BCUT2D eigenvalue weighted by atomic mass is 10.0. The van der Waals surface area contributed by atoms with Crippen LogP contribution in [0.15, 0.2) is 24.3 Å². The number of rotatable bonds is 3. The summed E-state index contributed by atoms with van der Waals surface area (Å²) >= 11 is 5.45. The van der Waals surface area contributed by atoms with Crippen LogP contribution in [0.2, 0.25) is 0 Å². The molecule has 1 nitrogen and oxygen atoms in total. The van der Waals surface area contributed by atoms with Crippen LogP contribution in [0.5, 0.6) is 5.75 Å². The third kappa shape index (κ3) is 2.42. The summed E-state index contributed by atoms with van der Waals surface area (Å²) in [7, 11) is 0. The molecule has 0 saturated heterocycles. The van der Waals surface area contributed by atoms with E-state index in [1.807, 2.05) is 18.2 Å². The van der Waals surface area contributed by atoms with Crippen LogP contribution in [-0.4, -0.2) is 6.07 Å². The van der Waals surface area contributed by atoms with Crippen molar-refractivity contribution in [3.05, 3.63) is 29.8 Å². The summed E-state index contributed by atoms with van der Waals surface area (Å²) in [6.45, 7) is 4.31. The van der Waals surface area contributed by atoms with Crippen LogP contribution >= 0.6 is 11.6 Å². The number of ether oxygens (including phenoxy) is 1. The molecule has 0 aliphatic carbocycles. The van der Waals surface area contributed by atoms with Gasteiger partial charge in [-0.2, -0.15) is 0 Å². The van der Waals surface area contributed by atoms with Gasteiger partial charge in [0.1, 0.15) is 5.75 Å². The first-order valence-corrected chi connectivity index (χ1v) is 4.56. The second-order valence-corrected chi connectivity index (χ2v) is 3.20. The standard InChI is InChI=1S/C10H13ClO/c1-8(2)9-4-3-5-10(6-9)12-7-11/h3-6,8H,7H2,1-2H3. The highest BCUT2D eigenvalue weighted by atomic mass is 35.5. The molecule has 2 heteroatoms. The first-order valence-electron chi connectivity index (χ1n) is 4.02. The molecule has 66 valence electrons. The zero-order valence-electron chi connectivity index (χ0n) is 7.38. The van der Waals surface area contributed by atoms with Gasteiger partial charge in [0.2, 0.25) is 0 Å². The number of alkyl halides is 1. The average Bonchev–Trinajstić information content (AvgIpc) is 2.05. The first kappa shape index (κ1) is 9.40. The van der Waals surface area contributed by atoms with Gasteiger partial charge in [0.15, 0.2) is 6.07 Å². The van der Waals surface area contributed by atoms with Gasteiger partial charge in [0.25, 0.3) is 0 Å². The van der Waals surface area contributed by atoms with Crippen molar-refractivity contribution in [1.82, 2.24) is 0 Å². The van der Waals surface area contributed by atoms with Crippen LogP contribution in [0.4, 0.5) is 0 Å². The molecule has 0 unspecified atom stereocenters. The second-order valence-electron chi connectivity index (χ2n) is 2.98. The monoisotopic (exact) mass is 184 g/mol. The Labute approximate surface area is 78.3 Å². The van der Waals surface area contributed by atoms with E-state index in [0.29, 0.717) is 5.92 Å². The highest BCUT2D eigenvalue weighted by Crippen LogP contribution is 2.19. The third-order valence-electron chi connectivity index (χ3n) is 1.75. The zero-order chi connectivity index (χ0) is 8.97. The molecule has 0 bridgehead atoms. The van der Waals surface area contributed by atoms with Crippen LogP contribution < -0.4 is 4.74 Å². The van der Waals surface area contributed by atoms with Crippen molar-refractivity contribution < 1.29 is 4.74 Å². The predicted octanol–water partition coefficient (Wildman–Crippen LogP) is 3.39. The summed E-state index contributed by atoms with van der Waals surface area (Å²) in [5.41, 5.74) is 1.28. The highest BCUT2D eigenvalue weighted by Gasteiger charge is 1.99. The van der Waals surface area contributed by atoms with Crippen LogP contribution in [0.3, 0.4) is 0 Å². The molecule has 0 fully saturated rings. The quantitative estimate of drug-likeness (QED) is 0.655. The predicted molar refractivity (Wildman–Crippen MR) is 51.9 cm³/mol. The summed E-state index contributed by atoms with van der Waals surface area (Å²) in [6, 6.07) is 8.21. The SMILES string of the molecule is CC(C)c1cccc(OCCl)c1. The molecule has 0 aromatic heterocycles. The molecule has 0 saturated carbocycles. The number of halogens is 1. The number of hydrogen-bond acceptors (Lipinski definition) is 1. The smallest absolute Gasteiger partial charge is 0.162 e. The lowest BCUT2D eigenvalue weighted by molar-refractivity contribution is 0.387. The lowest BCUT2D eigenvalue weighted by Gasteiger charge is -2.07. The minimum atomic E-state index is 0.210. The van der Waals surface area contributed by atoms with E-state index >= 15 is 0 Å². The maximum Gasteiger partial charge on any atom is 0.162 e. The van der Waals surface area contributed by atoms with Crippen molar-refractivity contribution in [2.24, 2.45) is 0 Å². The van der Waals surface area contributed by atoms with Gasteiger partial charge in [0.05, 0.1) is 0 Å². The molecule has 1 aromatic rings. The Kier molecular flexibility index (Phi) is 3.42. The molecule has 0 atom stereocenters. The minimum absolute atomic E-state index is 0.210. The summed E-state index contributed by atoms with van der Waals surface area (Å²) in [5, 5.41) is 0. The van der Waals surface area contributed by atoms with Crippen molar-refractivity contribution in [2.75, 3.05) is 6.07 Å². The molecule has 0 heterocycles. The van der Waals surface area contributed by atoms with Gasteiger partial charge in [-0.05, 0) is 23.6 Å². The second kappa shape index (κ2) is 4.36. The van der Waals surface area contributed by atoms with E-state index < -0.39 is 0 Å². The number of hydrogen-bond donors (Lipinski definition) is 0. The summed E-state index contributed by atoms with van der Waals surface area (Å²) in [4.78, 5) is 0. The Bertz CT molecular complexity index is 245. The molecule has 0 N–H and O–H groups in total. The average molecular weight is 185 g/mol.